The number of carbonyl (C=O) groups excluding carboxylic acids is 1. The molecule has 2 bridgehead atoms. The largest absolute Gasteiger partial charge is 0.480 e. The van der Waals surface area contributed by atoms with Crippen LogP contribution >= 0.6 is 0 Å². The van der Waals surface area contributed by atoms with Crippen LogP contribution in [0.25, 0.3) is 0 Å². The maximum Gasteiger partial charge on any atom is 0.323 e. The summed E-state index contributed by atoms with van der Waals surface area (Å²) in [6, 6.07) is -0.372. The number of urea groups is 1. The molecule has 0 aromatic rings. The summed E-state index contributed by atoms with van der Waals surface area (Å²) >= 11 is 0. The molecule has 0 aromatic carbocycles. The topological polar surface area (TPSA) is 69.6 Å². The van der Waals surface area contributed by atoms with E-state index < -0.39 is 5.97 Å². The van der Waals surface area contributed by atoms with Crippen LogP contribution < -0.4 is 5.32 Å². The van der Waals surface area contributed by atoms with Crippen molar-refractivity contribution in [2.45, 2.75) is 25.7 Å². The Morgan fingerprint density at radius 1 is 1.37 bits per heavy atom. The van der Waals surface area contributed by atoms with Crippen LogP contribution in [0.1, 0.15) is 25.7 Å². The Hall–Kier alpha value is -1.70. The van der Waals surface area contributed by atoms with E-state index >= 15 is 0 Å². The van der Waals surface area contributed by atoms with Crippen molar-refractivity contribution in [3.63, 3.8) is 0 Å². The first-order valence-electron chi connectivity index (χ1n) is 6.78. The van der Waals surface area contributed by atoms with Crippen molar-refractivity contribution in [2.24, 2.45) is 17.8 Å². The number of carboxylic acids is 1. The van der Waals surface area contributed by atoms with Crippen LogP contribution in [0.15, 0.2) is 0 Å². The Labute approximate surface area is 113 Å². The molecule has 104 valence electrons. The summed E-state index contributed by atoms with van der Waals surface area (Å²) in [4.78, 5) is 23.7. The second kappa shape index (κ2) is 5.96. The molecule has 2 aliphatic rings. The minimum atomic E-state index is -1.05. The van der Waals surface area contributed by atoms with Crippen LogP contribution in [-0.2, 0) is 4.79 Å². The predicted molar refractivity (Wildman–Crippen MR) is 70.4 cm³/mol. The lowest BCUT2D eigenvalue weighted by molar-refractivity contribution is -0.137. The van der Waals surface area contributed by atoms with E-state index in [1.54, 1.807) is 0 Å². The molecule has 5 nitrogen and oxygen atoms in total. The summed E-state index contributed by atoms with van der Waals surface area (Å²) in [5.41, 5.74) is 0. The monoisotopic (exact) mass is 264 g/mol. The van der Waals surface area contributed by atoms with E-state index in [1.165, 1.54) is 25.7 Å². The normalized spacial score (nSPS) is 27.8. The van der Waals surface area contributed by atoms with Gasteiger partial charge in [0, 0.05) is 6.54 Å². The highest BCUT2D eigenvalue weighted by molar-refractivity contribution is 5.80. The molecule has 0 spiro atoms. The quantitative estimate of drug-likeness (QED) is 0.732. The molecule has 0 heterocycles. The van der Waals surface area contributed by atoms with Gasteiger partial charge in [0.15, 0.2) is 0 Å². The van der Waals surface area contributed by atoms with E-state index in [0.29, 0.717) is 12.5 Å². The minimum Gasteiger partial charge on any atom is -0.480 e. The van der Waals surface area contributed by atoms with Crippen molar-refractivity contribution in [1.82, 2.24) is 10.2 Å². The highest BCUT2D eigenvalue weighted by Crippen LogP contribution is 2.47. The molecule has 0 saturated heterocycles. The van der Waals surface area contributed by atoms with E-state index in [9.17, 15) is 9.59 Å². The first kappa shape index (κ1) is 13.7. The summed E-state index contributed by atoms with van der Waals surface area (Å²) in [7, 11) is 0. The Balaban J connectivity index is 1.79. The van der Waals surface area contributed by atoms with Gasteiger partial charge >= 0.3 is 12.0 Å². The van der Waals surface area contributed by atoms with Gasteiger partial charge in [-0.25, -0.2) is 4.79 Å². The standard InChI is InChI=1S/C14H20N2O3/c1-2-5-16(9-13(17)18)14(19)15-8-12-7-10-3-4-11(12)6-10/h1,10-12H,3-9H2,(H,15,19)(H,17,18). The fraction of sp³-hybridized carbons (Fsp3) is 0.714. The number of carbonyl (C=O) groups is 2. The second-order valence-electron chi connectivity index (χ2n) is 5.57. The second-order valence-corrected chi connectivity index (χ2v) is 5.57. The maximum atomic E-state index is 11.9. The Bertz CT molecular complexity index is 402. The molecule has 2 saturated carbocycles. The smallest absolute Gasteiger partial charge is 0.323 e. The molecule has 2 amide bonds. The Morgan fingerprint density at radius 3 is 2.68 bits per heavy atom. The summed E-state index contributed by atoms with van der Waals surface area (Å²) in [5, 5.41) is 11.6. The summed E-state index contributed by atoms with van der Waals surface area (Å²) < 4.78 is 0. The van der Waals surface area contributed by atoms with E-state index in [-0.39, 0.29) is 19.1 Å². The summed E-state index contributed by atoms with van der Waals surface area (Å²) in [5.74, 6) is 3.40. The van der Waals surface area contributed by atoms with Crippen molar-refractivity contribution in [3.8, 4) is 12.3 Å². The van der Waals surface area contributed by atoms with Crippen molar-refractivity contribution >= 4 is 12.0 Å². The van der Waals surface area contributed by atoms with Crippen molar-refractivity contribution in [3.05, 3.63) is 0 Å². The van der Waals surface area contributed by atoms with Crippen LogP contribution in [-0.4, -0.2) is 41.6 Å². The van der Waals surface area contributed by atoms with Gasteiger partial charge in [0.05, 0.1) is 6.54 Å². The van der Waals surface area contributed by atoms with Crippen LogP contribution in [0.3, 0.4) is 0 Å². The summed E-state index contributed by atoms with van der Waals surface area (Å²) in [6.07, 6.45) is 10.2. The van der Waals surface area contributed by atoms with Gasteiger partial charge in [-0.1, -0.05) is 12.3 Å². The van der Waals surface area contributed by atoms with Crippen LogP contribution in [0.4, 0.5) is 4.79 Å². The molecule has 5 heteroatoms. The number of nitrogens with zero attached hydrogens (tertiary/aromatic N) is 1. The van der Waals surface area contributed by atoms with E-state index in [2.05, 4.69) is 11.2 Å². The molecule has 2 aliphatic carbocycles. The lowest BCUT2D eigenvalue weighted by Gasteiger charge is -2.24. The highest BCUT2D eigenvalue weighted by atomic mass is 16.4. The zero-order valence-electron chi connectivity index (χ0n) is 11.0. The number of rotatable bonds is 5. The summed E-state index contributed by atoms with van der Waals surface area (Å²) in [6.45, 7) is 0.308. The van der Waals surface area contributed by atoms with E-state index in [4.69, 9.17) is 11.5 Å². The molecular weight excluding hydrogens is 244 g/mol. The van der Waals surface area contributed by atoms with Crippen molar-refractivity contribution in [2.75, 3.05) is 19.6 Å². The zero-order chi connectivity index (χ0) is 13.8. The third kappa shape index (κ3) is 3.40. The number of amides is 2. The van der Waals surface area contributed by atoms with Gasteiger partial charge in [-0.3, -0.25) is 4.79 Å². The van der Waals surface area contributed by atoms with Crippen molar-refractivity contribution in [1.29, 1.82) is 0 Å². The minimum absolute atomic E-state index is 0.0227. The molecule has 0 aliphatic heterocycles. The van der Waals surface area contributed by atoms with Gasteiger partial charge < -0.3 is 15.3 Å². The number of hydrogen-bond acceptors (Lipinski definition) is 2. The third-order valence-corrected chi connectivity index (χ3v) is 4.30. The van der Waals surface area contributed by atoms with Crippen LogP contribution in [0.5, 0.6) is 0 Å². The number of nitrogens with one attached hydrogen (secondary N) is 1. The SMILES string of the molecule is C#CCN(CC(=O)O)C(=O)NCC1CC2CCC1C2. The molecule has 2 fully saturated rings. The number of carboxylic acid groups (broad SMARTS) is 1. The Kier molecular flexibility index (Phi) is 4.31. The fourth-order valence-electron chi connectivity index (χ4n) is 3.43. The molecular formula is C14H20N2O3. The average molecular weight is 264 g/mol. The lowest BCUT2D eigenvalue weighted by atomic mass is 9.89. The zero-order valence-corrected chi connectivity index (χ0v) is 11.0. The first-order chi connectivity index (χ1) is 9.10. The first-order valence-corrected chi connectivity index (χ1v) is 6.78. The molecule has 0 aromatic heterocycles. The van der Waals surface area contributed by atoms with Crippen LogP contribution in [0.2, 0.25) is 0 Å². The number of fused-ring (bicyclic) bond motifs is 2. The molecule has 2 rings (SSSR count). The molecule has 19 heavy (non-hydrogen) atoms. The molecule has 2 N–H and O–H groups in total. The highest BCUT2D eigenvalue weighted by Gasteiger charge is 2.39. The lowest BCUT2D eigenvalue weighted by Crippen LogP contribution is -2.44. The van der Waals surface area contributed by atoms with Gasteiger partial charge in [-0.15, -0.1) is 6.42 Å². The van der Waals surface area contributed by atoms with Gasteiger partial charge in [-0.05, 0) is 37.0 Å². The predicted octanol–water partition coefficient (Wildman–Crippen LogP) is 1.15. The molecule has 3 atom stereocenters. The van der Waals surface area contributed by atoms with Crippen molar-refractivity contribution < 1.29 is 14.7 Å². The third-order valence-electron chi connectivity index (χ3n) is 4.30. The van der Waals surface area contributed by atoms with E-state index in [0.717, 1.165) is 16.7 Å². The van der Waals surface area contributed by atoms with Gasteiger partial charge in [0.1, 0.15) is 6.54 Å². The van der Waals surface area contributed by atoms with Gasteiger partial charge in [0.25, 0.3) is 0 Å². The average Bonchev–Trinajstić information content (AvgIpc) is 2.97. The maximum absolute atomic E-state index is 11.9. The van der Waals surface area contributed by atoms with E-state index in [1.807, 2.05) is 0 Å². The van der Waals surface area contributed by atoms with Crippen LogP contribution in [0, 0.1) is 30.1 Å². The number of aliphatic carboxylic acids is 1. The molecule has 0 radical (unpaired) electrons. The van der Waals surface area contributed by atoms with Gasteiger partial charge in [0.2, 0.25) is 0 Å². The fourth-order valence-corrected chi connectivity index (χ4v) is 3.43. The Morgan fingerprint density at radius 2 is 2.16 bits per heavy atom. The number of hydrogen-bond donors (Lipinski definition) is 2. The molecule has 3 unspecified atom stereocenters. The van der Waals surface area contributed by atoms with Gasteiger partial charge in [-0.2, -0.15) is 0 Å². The number of terminal acetylenes is 1.